The summed E-state index contributed by atoms with van der Waals surface area (Å²) in [6.07, 6.45) is 8.96. The summed E-state index contributed by atoms with van der Waals surface area (Å²) < 4.78 is 5.76. The zero-order chi connectivity index (χ0) is 14.1. The summed E-state index contributed by atoms with van der Waals surface area (Å²) in [7, 11) is 2.23. The molecule has 1 fully saturated rings. The molecule has 1 aliphatic heterocycles. The molecule has 0 radical (unpaired) electrons. The van der Waals surface area contributed by atoms with E-state index in [1.807, 2.05) is 26.2 Å². The van der Waals surface area contributed by atoms with Gasteiger partial charge in [0.1, 0.15) is 5.75 Å². The normalized spacial score (nSPS) is 26.5. The number of piperidine rings is 1. The van der Waals surface area contributed by atoms with Gasteiger partial charge in [0.05, 0.1) is 12.3 Å². The van der Waals surface area contributed by atoms with Gasteiger partial charge in [0.2, 0.25) is 0 Å². The minimum Gasteiger partial charge on any atom is -0.489 e. The maximum Gasteiger partial charge on any atom is 0.138 e. The molecule has 3 rings (SSSR count). The number of rotatable bonds is 3. The molecule has 2 atom stereocenters. The summed E-state index contributed by atoms with van der Waals surface area (Å²) in [6.45, 7) is 6.51. The largest absolute Gasteiger partial charge is 0.489 e. The van der Waals surface area contributed by atoms with E-state index in [0.717, 1.165) is 11.7 Å². The SMILES string of the molecule is CC(C)Oc1cncc(C2=C[C@H]3C[C@@H](C2)CN(C)C3)c1. The molecule has 3 nitrogen and oxygen atoms in total. The van der Waals surface area contributed by atoms with Crippen LogP contribution in [0.25, 0.3) is 5.57 Å². The fourth-order valence-electron chi connectivity index (χ4n) is 3.57. The first-order chi connectivity index (χ1) is 9.60. The van der Waals surface area contributed by atoms with Crippen LogP contribution in [-0.2, 0) is 0 Å². The first kappa shape index (κ1) is 13.6. The summed E-state index contributed by atoms with van der Waals surface area (Å²) in [6, 6.07) is 2.14. The number of likely N-dealkylation sites (tertiary alicyclic amines) is 1. The Kier molecular flexibility index (Phi) is 3.79. The molecule has 108 valence electrons. The number of hydrogen-bond acceptors (Lipinski definition) is 3. The van der Waals surface area contributed by atoms with Crippen LogP contribution in [0.4, 0.5) is 0 Å². The van der Waals surface area contributed by atoms with Crippen molar-refractivity contribution in [3.8, 4) is 5.75 Å². The zero-order valence-electron chi connectivity index (χ0n) is 12.7. The Hall–Kier alpha value is -1.35. The average molecular weight is 272 g/mol. The fraction of sp³-hybridized carbons (Fsp3) is 0.588. The lowest BCUT2D eigenvalue weighted by molar-refractivity contribution is 0.170. The molecule has 0 saturated carbocycles. The number of allylic oxidation sites excluding steroid dienone is 1. The molecule has 2 bridgehead atoms. The van der Waals surface area contributed by atoms with E-state index in [0.29, 0.717) is 5.92 Å². The molecule has 0 N–H and O–H groups in total. The van der Waals surface area contributed by atoms with Crippen molar-refractivity contribution in [1.29, 1.82) is 0 Å². The van der Waals surface area contributed by atoms with Gasteiger partial charge in [-0.2, -0.15) is 0 Å². The van der Waals surface area contributed by atoms with Gasteiger partial charge in [-0.3, -0.25) is 4.98 Å². The minimum absolute atomic E-state index is 0.195. The Labute approximate surface area is 121 Å². The molecule has 0 unspecified atom stereocenters. The number of pyridine rings is 1. The van der Waals surface area contributed by atoms with Crippen LogP contribution in [-0.4, -0.2) is 36.1 Å². The third-order valence-corrected chi connectivity index (χ3v) is 4.15. The van der Waals surface area contributed by atoms with E-state index in [1.165, 1.54) is 37.1 Å². The summed E-state index contributed by atoms with van der Waals surface area (Å²) in [5.74, 6) is 2.39. The first-order valence-electron chi connectivity index (χ1n) is 7.61. The van der Waals surface area contributed by atoms with E-state index in [4.69, 9.17) is 4.74 Å². The second-order valence-electron chi connectivity index (χ2n) is 6.55. The van der Waals surface area contributed by atoms with Crippen molar-refractivity contribution < 1.29 is 4.74 Å². The predicted octanol–water partition coefficient (Wildman–Crippen LogP) is 3.22. The van der Waals surface area contributed by atoms with E-state index in [2.05, 4.69) is 29.1 Å². The molecule has 20 heavy (non-hydrogen) atoms. The Bertz CT molecular complexity index is 509. The molecule has 1 aromatic heterocycles. The number of aromatic nitrogens is 1. The summed E-state index contributed by atoms with van der Waals surface area (Å²) in [5, 5.41) is 0. The van der Waals surface area contributed by atoms with Gasteiger partial charge in [0, 0.05) is 19.3 Å². The zero-order valence-corrected chi connectivity index (χ0v) is 12.7. The quantitative estimate of drug-likeness (QED) is 0.844. The van der Waals surface area contributed by atoms with Gasteiger partial charge in [-0.05, 0) is 62.8 Å². The van der Waals surface area contributed by atoms with E-state index < -0.39 is 0 Å². The van der Waals surface area contributed by atoms with Crippen LogP contribution in [0.5, 0.6) is 5.75 Å². The van der Waals surface area contributed by atoms with E-state index in [1.54, 1.807) is 0 Å². The monoisotopic (exact) mass is 272 g/mol. The number of ether oxygens (including phenoxy) is 1. The van der Waals surface area contributed by atoms with E-state index in [9.17, 15) is 0 Å². The highest BCUT2D eigenvalue weighted by molar-refractivity contribution is 5.67. The smallest absolute Gasteiger partial charge is 0.138 e. The topological polar surface area (TPSA) is 25.4 Å². The van der Waals surface area contributed by atoms with Crippen molar-refractivity contribution in [2.45, 2.75) is 32.8 Å². The highest BCUT2D eigenvalue weighted by Gasteiger charge is 2.29. The van der Waals surface area contributed by atoms with Crippen LogP contribution in [0.15, 0.2) is 24.5 Å². The molecule has 0 aromatic carbocycles. The lowest BCUT2D eigenvalue weighted by Gasteiger charge is -2.38. The van der Waals surface area contributed by atoms with Crippen LogP contribution >= 0.6 is 0 Å². The highest BCUT2D eigenvalue weighted by Crippen LogP contribution is 2.37. The van der Waals surface area contributed by atoms with Crippen LogP contribution < -0.4 is 4.74 Å². The Morgan fingerprint density at radius 1 is 1.30 bits per heavy atom. The van der Waals surface area contributed by atoms with Crippen LogP contribution in [0.3, 0.4) is 0 Å². The van der Waals surface area contributed by atoms with Crippen molar-refractivity contribution in [3.05, 3.63) is 30.1 Å². The molecule has 0 spiro atoms. The van der Waals surface area contributed by atoms with E-state index >= 15 is 0 Å². The maximum atomic E-state index is 5.76. The van der Waals surface area contributed by atoms with Crippen molar-refractivity contribution in [2.24, 2.45) is 11.8 Å². The molecule has 1 saturated heterocycles. The molecule has 1 aliphatic carbocycles. The average Bonchev–Trinajstić information content (AvgIpc) is 2.36. The minimum atomic E-state index is 0.195. The van der Waals surface area contributed by atoms with Crippen molar-refractivity contribution >= 4 is 5.57 Å². The van der Waals surface area contributed by atoms with E-state index in [-0.39, 0.29) is 6.10 Å². The molecule has 0 amide bonds. The van der Waals surface area contributed by atoms with Gasteiger partial charge in [-0.25, -0.2) is 0 Å². The van der Waals surface area contributed by atoms with Crippen LogP contribution in [0.2, 0.25) is 0 Å². The van der Waals surface area contributed by atoms with Gasteiger partial charge in [0.15, 0.2) is 0 Å². The molecular weight excluding hydrogens is 248 g/mol. The van der Waals surface area contributed by atoms with Gasteiger partial charge >= 0.3 is 0 Å². The fourth-order valence-corrected chi connectivity index (χ4v) is 3.57. The number of fused-ring (bicyclic) bond motifs is 2. The van der Waals surface area contributed by atoms with Crippen molar-refractivity contribution in [2.75, 3.05) is 20.1 Å². The third kappa shape index (κ3) is 3.04. The maximum absolute atomic E-state index is 5.76. The van der Waals surface area contributed by atoms with Gasteiger partial charge < -0.3 is 9.64 Å². The van der Waals surface area contributed by atoms with Gasteiger partial charge in [-0.15, -0.1) is 0 Å². The number of hydrogen-bond donors (Lipinski definition) is 0. The number of nitrogens with zero attached hydrogens (tertiary/aromatic N) is 2. The second kappa shape index (κ2) is 5.57. The predicted molar refractivity (Wildman–Crippen MR) is 81.7 cm³/mol. The Morgan fingerprint density at radius 2 is 2.15 bits per heavy atom. The van der Waals surface area contributed by atoms with Crippen molar-refractivity contribution in [1.82, 2.24) is 9.88 Å². The summed E-state index contributed by atoms with van der Waals surface area (Å²) in [4.78, 5) is 6.81. The van der Waals surface area contributed by atoms with Crippen LogP contribution in [0.1, 0.15) is 32.3 Å². The molecular formula is C17H24N2O. The summed E-state index contributed by atoms with van der Waals surface area (Å²) in [5.41, 5.74) is 2.70. The van der Waals surface area contributed by atoms with Gasteiger partial charge in [0.25, 0.3) is 0 Å². The van der Waals surface area contributed by atoms with Crippen LogP contribution in [0, 0.1) is 11.8 Å². The Morgan fingerprint density at radius 3 is 2.90 bits per heavy atom. The highest BCUT2D eigenvalue weighted by atomic mass is 16.5. The third-order valence-electron chi connectivity index (χ3n) is 4.15. The molecule has 3 heteroatoms. The van der Waals surface area contributed by atoms with Crippen molar-refractivity contribution in [3.63, 3.8) is 0 Å². The molecule has 2 heterocycles. The standard InChI is InChI=1S/C17H24N2O/c1-12(2)20-17-7-16(8-18-9-17)15-5-13-4-14(6-15)11-19(3)10-13/h5,7-9,12-14H,4,6,10-11H2,1-3H3/t13-,14+/m1/s1. The molecule has 2 aliphatic rings. The first-order valence-corrected chi connectivity index (χ1v) is 7.61. The lowest BCUT2D eigenvalue weighted by atomic mass is 9.77. The lowest BCUT2D eigenvalue weighted by Crippen LogP contribution is -2.39. The van der Waals surface area contributed by atoms with Gasteiger partial charge in [-0.1, -0.05) is 6.08 Å². The second-order valence-corrected chi connectivity index (χ2v) is 6.55. The molecule has 1 aromatic rings. The Balaban J connectivity index is 1.82. The summed E-state index contributed by atoms with van der Waals surface area (Å²) >= 11 is 0.